The Morgan fingerprint density at radius 1 is 0.326 bits per heavy atom. The van der Waals surface area contributed by atoms with Gasteiger partial charge in [-0.05, 0) is 113 Å². The van der Waals surface area contributed by atoms with Gasteiger partial charge in [0.15, 0.2) is 82.2 Å². The number of hydrogen-bond donors (Lipinski definition) is 0. The molecule has 2 aliphatic rings. The van der Waals surface area contributed by atoms with Crippen LogP contribution in [0.25, 0.3) is 84.3 Å². The normalized spacial score (nSPS) is 14.6. The van der Waals surface area contributed by atoms with Crippen LogP contribution in [0.15, 0.2) is 135 Å². The molecular formula is C81H61F30N23O10. The molecule has 17 rings (SSSR count). The summed E-state index contributed by atoms with van der Waals surface area (Å²) in [7, 11) is 3.16. The molecule has 2 fully saturated rings. The second-order valence-electron chi connectivity index (χ2n) is 30.4. The fourth-order valence-corrected chi connectivity index (χ4v) is 12.2. The molecule has 63 heteroatoms. The monoisotopic (exact) mass is 2090 g/mol. The lowest BCUT2D eigenvalue weighted by atomic mass is 9.79. The first kappa shape index (κ1) is 107. The summed E-state index contributed by atoms with van der Waals surface area (Å²) in [6.07, 6.45) is -33.2. The Bertz CT molecular complexity index is 6710. The van der Waals surface area contributed by atoms with Gasteiger partial charge >= 0.3 is 61.4 Å². The van der Waals surface area contributed by atoms with Crippen molar-refractivity contribution in [3.63, 3.8) is 0 Å². The molecule has 0 spiro atoms. The maximum atomic E-state index is 14.4. The number of methoxy groups -OCH3 is 4. The summed E-state index contributed by atoms with van der Waals surface area (Å²) in [5.41, 5.74) is -1.56. The van der Waals surface area contributed by atoms with E-state index in [1.807, 2.05) is 0 Å². The van der Waals surface area contributed by atoms with Crippen molar-refractivity contribution < 1.29 is 179 Å². The van der Waals surface area contributed by atoms with E-state index in [1.54, 1.807) is 0 Å². The van der Waals surface area contributed by atoms with Gasteiger partial charge in [-0.2, -0.15) is 110 Å². The minimum Gasteiger partial charge on any atom is -0.466 e. The van der Waals surface area contributed by atoms with Crippen LogP contribution in [0.2, 0.25) is 0 Å². The van der Waals surface area contributed by atoms with Crippen molar-refractivity contribution in [1.82, 2.24) is 113 Å². The first-order valence-electron chi connectivity index (χ1n) is 40.3. The molecule has 2 aliphatic carbocycles. The highest BCUT2D eigenvalue weighted by Crippen LogP contribution is 2.49. The lowest BCUT2D eigenvalue weighted by Gasteiger charge is -2.42. The second-order valence-corrected chi connectivity index (χ2v) is 30.4. The number of ether oxygens (including phenoxy) is 10. The van der Waals surface area contributed by atoms with E-state index in [1.165, 1.54) is 36.7 Å². The smallest absolute Gasteiger partial charge is 0.428 e. The van der Waals surface area contributed by atoms with Crippen LogP contribution < -0.4 is 23.7 Å². The number of aromatic nitrogens is 23. The van der Waals surface area contributed by atoms with E-state index >= 15 is 0 Å². The van der Waals surface area contributed by atoms with Gasteiger partial charge in [0.1, 0.15) is 0 Å². The molecule has 0 N–H and O–H groups in total. The minimum atomic E-state index is -4.70. The maximum Gasteiger partial charge on any atom is 0.428 e. The highest BCUT2D eigenvalue weighted by Gasteiger charge is 2.62. The number of hydrogen-bond acceptors (Lipinski definition) is 28. The van der Waals surface area contributed by atoms with Crippen LogP contribution in [0.1, 0.15) is 82.0 Å². The van der Waals surface area contributed by atoms with Crippen LogP contribution in [0, 0.1) is 35.0 Å². The van der Waals surface area contributed by atoms with E-state index in [0.717, 1.165) is 162 Å². The number of pyridine rings is 7. The van der Waals surface area contributed by atoms with Crippen molar-refractivity contribution in [2.75, 3.05) is 41.7 Å². The molecule has 0 aromatic carbocycles. The van der Waals surface area contributed by atoms with Crippen molar-refractivity contribution in [2.24, 2.45) is 5.92 Å². The van der Waals surface area contributed by atoms with E-state index in [9.17, 15) is 132 Å². The Morgan fingerprint density at radius 3 is 0.889 bits per heavy atom. The third-order valence-corrected chi connectivity index (χ3v) is 20.4. The summed E-state index contributed by atoms with van der Waals surface area (Å²) in [6.45, 7) is 0.307. The molecular weight excluding hydrogens is 2020 g/mol. The molecule has 3 atom stereocenters. The molecule has 15 heterocycles. The van der Waals surface area contributed by atoms with Gasteiger partial charge in [-0.1, -0.05) is 0 Å². The predicted molar refractivity (Wildman–Crippen MR) is 424 cm³/mol. The van der Waals surface area contributed by atoms with Gasteiger partial charge in [-0.25, -0.2) is 46.9 Å². The number of nitrogens with zero attached hydrogens (tertiary/aromatic N) is 23. The zero-order chi connectivity index (χ0) is 105. The first-order chi connectivity index (χ1) is 67.3. The molecule has 0 amide bonds. The van der Waals surface area contributed by atoms with Crippen LogP contribution >= 0.6 is 0 Å². The van der Waals surface area contributed by atoms with E-state index in [0.29, 0.717) is 27.2 Å². The summed E-state index contributed by atoms with van der Waals surface area (Å²) >= 11 is 0. The lowest BCUT2D eigenvalue weighted by molar-refractivity contribution is -0.275. The summed E-state index contributed by atoms with van der Waals surface area (Å²) in [4.78, 5) is 29.6. The van der Waals surface area contributed by atoms with Crippen molar-refractivity contribution in [2.45, 2.75) is 138 Å². The number of alkyl halides is 25. The van der Waals surface area contributed by atoms with Gasteiger partial charge in [0.25, 0.3) is 29.4 Å². The summed E-state index contributed by atoms with van der Waals surface area (Å²) in [5, 5.41) is 34.8. The zero-order valence-corrected chi connectivity index (χ0v) is 73.2. The van der Waals surface area contributed by atoms with Crippen LogP contribution in [0.4, 0.5) is 132 Å². The van der Waals surface area contributed by atoms with Gasteiger partial charge in [0.2, 0.25) is 34.7 Å². The van der Waals surface area contributed by atoms with Crippen molar-refractivity contribution in [3.8, 4) is 85.4 Å². The topological polar surface area (TPSA) is 346 Å². The third-order valence-electron chi connectivity index (χ3n) is 20.4. The molecule has 0 radical (unpaired) electrons. The Hall–Kier alpha value is -14.7. The van der Waals surface area contributed by atoms with Crippen LogP contribution in [0.5, 0.6) is 29.4 Å². The van der Waals surface area contributed by atoms with Gasteiger partial charge in [-0.15, -0.1) is 51.0 Å². The highest BCUT2D eigenvalue weighted by atomic mass is 19.4. The highest BCUT2D eigenvalue weighted by molar-refractivity contribution is 5.67. The van der Waals surface area contributed by atoms with Gasteiger partial charge in [0, 0.05) is 129 Å². The average Bonchev–Trinajstić information content (AvgIpc) is 0.932. The molecule has 770 valence electrons. The minimum absolute atomic E-state index is 0.00186. The van der Waals surface area contributed by atoms with Gasteiger partial charge in [-0.3, -0.25) is 37.0 Å². The maximum absolute atomic E-state index is 14.4. The third kappa shape index (κ3) is 24.3. The summed E-state index contributed by atoms with van der Waals surface area (Å²) in [6, 6.07) is 9.85. The second kappa shape index (κ2) is 41.0. The SMILES string of the molecule is COC(F)(F)c1nnc2ccc(-c3cnc(O[C@@H](C)C(F)(F)F)c(F)c3)cn12.COC(F)(F)c1nnc2ccc(-c3cnc(O[C@H](C)C(F)(F)F)c(F)c3)cn12.COC(F)(F)c1nnc2cnc(-c3cnc(OC4(C(F)(F)F)CCC4)c(F)c3)cn12.COC(F)(F)c1nnc2cnc(-c3cnc(O[C@@H](C)C(F)(F)F)c(F)c3)cn12.Fc1cc(-c2cn3c(C(F)(F)OCC4CC4)nnc3cn2)cnc1OCC(F)(F)F. The zero-order valence-electron chi connectivity index (χ0n) is 73.2. The van der Waals surface area contributed by atoms with E-state index in [4.69, 9.17) is 4.74 Å². The van der Waals surface area contributed by atoms with Crippen LogP contribution in [-0.4, -0.2) is 209 Å². The molecule has 33 nitrogen and oxygen atoms in total. The fraction of sp³-hybridized carbons (Fsp3) is 0.358. The van der Waals surface area contributed by atoms with E-state index in [-0.39, 0.29) is 110 Å². The summed E-state index contributed by atoms with van der Waals surface area (Å²) in [5.74, 6) is -13.8. The molecule has 144 heavy (non-hydrogen) atoms. The van der Waals surface area contributed by atoms with Crippen LogP contribution in [-0.2, 0) is 54.2 Å². The molecule has 15 aromatic heterocycles. The van der Waals surface area contributed by atoms with Gasteiger partial charge in [0.05, 0.1) is 42.3 Å². The number of rotatable bonds is 27. The molecule has 0 saturated heterocycles. The van der Waals surface area contributed by atoms with E-state index < -0.39 is 180 Å². The quantitative estimate of drug-likeness (QED) is 0.0432. The standard InChI is InChI=1S/2C17H13F6N5O2.2C16H12F6N4O2.C15H11F6N5O2/c1-29-16(19,20)14-27-26-12-7-24-11(8-28(12)14)9-5-10(18)13(25-6-9)30-15(3-2-4-15)17(21,22)23;18-11-3-10(4-25-14(11)29-8-16(19,20)21)12-6-28-13(5-24-12)26-27-15(28)17(22,23)30-7-9-1-2-9;2*1-8(15(18,19)20)28-13-11(17)5-10(6-23-13)9-3-4-12-24-25-14(26(12)7-9)16(21,22)27-2;1-7(14(17,18)19)28-12-9(16)3-8(4-23-12)10-6-26-11(5-22-10)24-25-13(26)15(20,21)27-2/h5-8H,2-4H2,1H3;3-6,9H,1-2,7-8H2;2*3-8H,1-2H3;3-7H,1-2H3/t;;2*8-;7-/m..100/s1. The molecule has 2 saturated carbocycles. The molecule has 0 bridgehead atoms. The predicted octanol–water partition coefficient (Wildman–Crippen LogP) is 18.9. The first-order valence-corrected chi connectivity index (χ1v) is 40.3. The Balaban J connectivity index is 0.000000151. The largest absolute Gasteiger partial charge is 0.466 e. The Labute approximate surface area is 782 Å². The van der Waals surface area contributed by atoms with Crippen molar-refractivity contribution in [1.29, 1.82) is 0 Å². The van der Waals surface area contributed by atoms with Crippen molar-refractivity contribution >= 4 is 28.2 Å². The molecule has 15 aromatic rings. The lowest BCUT2D eigenvalue weighted by Crippen LogP contribution is -2.55. The van der Waals surface area contributed by atoms with E-state index in [2.05, 4.69) is 133 Å². The summed E-state index contributed by atoms with van der Waals surface area (Å²) < 4.78 is 447. The van der Waals surface area contributed by atoms with Gasteiger partial charge < -0.3 is 47.4 Å². The van der Waals surface area contributed by atoms with Crippen molar-refractivity contribution in [3.05, 3.63) is 193 Å². The Morgan fingerprint density at radius 2 is 0.611 bits per heavy atom. The number of fused-ring (bicyclic) bond motifs is 5. The molecule has 0 aliphatic heterocycles. The average molecular weight is 2090 g/mol. The Kier molecular flexibility index (Phi) is 30.4. The fourth-order valence-electron chi connectivity index (χ4n) is 12.2. The van der Waals surface area contributed by atoms with Crippen LogP contribution in [0.3, 0.4) is 0 Å². The number of halogens is 30. The molecule has 0 unspecified atom stereocenters.